The van der Waals surface area contributed by atoms with Gasteiger partial charge in [0, 0.05) is 18.6 Å². The Morgan fingerprint density at radius 1 is 1.33 bits per heavy atom. The first-order valence-corrected chi connectivity index (χ1v) is 6.77. The van der Waals surface area contributed by atoms with Crippen molar-refractivity contribution in [2.75, 3.05) is 7.05 Å². The van der Waals surface area contributed by atoms with Crippen LogP contribution in [0.5, 0.6) is 0 Å². The number of carbonyl (C=O) groups excluding carboxylic acids is 2. The average Bonchev–Trinajstić information content (AvgIpc) is 2.77. The molecule has 3 amide bonds. The van der Waals surface area contributed by atoms with Crippen LogP contribution in [0.15, 0.2) is 29.3 Å². The Hall–Kier alpha value is -2.28. The SMILES string of the molecule is CN1C(=O)NC(=O)C2C1N=C(N)N2Cc1ccc(Cl)cc1. The number of nitrogens with one attached hydrogen (secondary N) is 1. The minimum absolute atomic E-state index is 0.247. The minimum Gasteiger partial charge on any atom is -0.370 e. The Bertz CT molecular complexity index is 630. The lowest BCUT2D eigenvalue weighted by atomic mass is 10.1. The van der Waals surface area contributed by atoms with Gasteiger partial charge < -0.3 is 15.5 Å². The number of aliphatic imine (C=N–C) groups is 1. The van der Waals surface area contributed by atoms with Crippen LogP contribution in [0.1, 0.15) is 5.56 Å². The van der Waals surface area contributed by atoms with Gasteiger partial charge >= 0.3 is 6.03 Å². The van der Waals surface area contributed by atoms with Gasteiger partial charge in [-0.25, -0.2) is 9.79 Å². The standard InChI is InChI=1S/C13H14ClN5O2/c1-18-10-9(11(20)17-13(18)21)19(12(15)16-10)6-7-2-4-8(14)5-3-7/h2-5,9-10H,6H2,1H3,(H2,15,16)(H,17,20,21). The number of guanidine groups is 1. The van der Waals surface area contributed by atoms with Crippen molar-refractivity contribution in [1.82, 2.24) is 15.1 Å². The van der Waals surface area contributed by atoms with Gasteiger partial charge in [0.15, 0.2) is 18.2 Å². The molecule has 1 aromatic rings. The quantitative estimate of drug-likeness (QED) is 0.824. The van der Waals surface area contributed by atoms with Crippen molar-refractivity contribution in [3.8, 4) is 0 Å². The maximum Gasteiger partial charge on any atom is 0.325 e. The molecule has 2 aliphatic rings. The molecule has 1 saturated heterocycles. The summed E-state index contributed by atoms with van der Waals surface area (Å²) in [7, 11) is 1.59. The minimum atomic E-state index is -0.608. The van der Waals surface area contributed by atoms with Crippen molar-refractivity contribution in [3.05, 3.63) is 34.9 Å². The number of fused-ring (bicyclic) bond motifs is 1. The molecule has 0 spiro atoms. The highest BCUT2D eigenvalue weighted by Gasteiger charge is 2.47. The number of nitrogens with two attached hydrogens (primary N) is 1. The number of imide groups is 1. The molecule has 7 nitrogen and oxygen atoms in total. The second kappa shape index (κ2) is 4.92. The molecule has 1 fully saturated rings. The molecule has 8 heteroatoms. The molecule has 2 unspecified atom stereocenters. The molecular weight excluding hydrogens is 294 g/mol. The summed E-state index contributed by atoms with van der Waals surface area (Å²) in [6.07, 6.45) is -0.585. The summed E-state index contributed by atoms with van der Waals surface area (Å²) < 4.78 is 0. The van der Waals surface area contributed by atoms with E-state index in [1.165, 1.54) is 4.90 Å². The Morgan fingerprint density at radius 3 is 2.67 bits per heavy atom. The number of hydrogen-bond donors (Lipinski definition) is 2. The number of carbonyl (C=O) groups is 2. The number of hydrogen-bond acceptors (Lipinski definition) is 5. The van der Waals surface area contributed by atoms with Crippen molar-refractivity contribution in [1.29, 1.82) is 0 Å². The van der Waals surface area contributed by atoms with E-state index >= 15 is 0 Å². The molecule has 1 aromatic carbocycles. The molecule has 0 saturated carbocycles. The Morgan fingerprint density at radius 2 is 2.00 bits per heavy atom. The van der Waals surface area contributed by atoms with E-state index in [0.29, 0.717) is 11.6 Å². The van der Waals surface area contributed by atoms with Gasteiger partial charge in [-0.05, 0) is 17.7 Å². The number of likely N-dealkylation sites (N-methyl/N-ethyl adjacent to an activating group) is 1. The van der Waals surface area contributed by atoms with E-state index in [4.69, 9.17) is 17.3 Å². The van der Waals surface area contributed by atoms with Crippen molar-refractivity contribution < 1.29 is 9.59 Å². The largest absolute Gasteiger partial charge is 0.370 e. The van der Waals surface area contributed by atoms with E-state index in [0.717, 1.165) is 5.56 Å². The molecule has 21 heavy (non-hydrogen) atoms. The summed E-state index contributed by atoms with van der Waals surface area (Å²) in [5.41, 5.74) is 6.87. The highest BCUT2D eigenvalue weighted by Crippen LogP contribution is 2.24. The number of benzene rings is 1. The average molecular weight is 308 g/mol. The predicted octanol–water partition coefficient (Wildman–Crippen LogP) is 0.347. The van der Waals surface area contributed by atoms with Gasteiger partial charge in [-0.15, -0.1) is 0 Å². The van der Waals surface area contributed by atoms with E-state index in [9.17, 15) is 9.59 Å². The maximum absolute atomic E-state index is 12.1. The molecule has 3 rings (SSSR count). The Kier molecular flexibility index (Phi) is 3.21. The van der Waals surface area contributed by atoms with Gasteiger partial charge in [-0.1, -0.05) is 23.7 Å². The fraction of sp³-hybridized carbons (Fsp3) is 0.308. The zero-order valence-electron chi connectivity index (χ0n) is 11.3. The van der Waals surface area contributed by atoms with Crippen molar-refractivity contribution in [2.24, 2.45) is 10.7 Å². The van der Waals surface area contributed by atoms with Gasteiger partial charge in [0.05, 0.1) is 0 Å². The van der Waals surface area contributed by atoms with Gasteiger partial charge in [-0.2, -0.15) is 0 Å². The number of halogens is 1. The molecule has 0 aromatic heterocycles. The lowest BCUT2D eigenvalue weighted by Gasteiger charge is -2.35. The lowest BCUT2D eigenvalue weighted by Crippen LogP contribution is -2.63. The summed E-state index contributed by atoms with van der Waals surface area (Å²) in [4.78, 5) is 31.0. The van der Waals surface area contributed by atoms with E-state index in [1.54, 1.807) is 24.1 Å². The van der Waals surface area contributed by atoms with Gasteiger partial charge in [-0.3, -0.25) is 10.1 Å². The van der Waals surface area contributed by atoms with Crippen LogP contribution in [-0.2, 0) is 11.3 Å². The van der Waals surface area contributed by atoms with Crippen LogP contribution in [-0.4, -0.2) is 47.0 Å². The van der Waals surface area contributed by atoms with E-state index in [2.05, 4.69) is 10.3 Å². The highest BCUT2D eigenvalue weighted by molar-refractivity contribution is 6.30. The molecule has 2 aliphatic heterocycles. The molecule has 2 heterocycles. The monoisotopic (exact) mass is 307 g/mol. The fourth-order valence-corrected chi connectivity index (χ4v) is 2.64. The van der Waals surface area contributed by atoms with E-state index in [1.807, 2.05) is 12.1 Å². The second-order valence-electron chi connectivity index (χ2n) is 5.01. The number of urea groups is 1. The first-order chi connectivity index (χ1) is 9.97. The summed E-state index contributed by atoms with van der Waals surface area (Å²) in [5, 5.41) is 2.94. The van der Waals surface area contributed by atoms with Crippen LogP contribution >= 0.6 is 11.6 Å². The third-order valence-electron chi connectivity index (χ3n) is 3.66. The van der Waals surface area contributed by atoms with Gasteiger partial charge in [0.1, 0.15) is 0 Å². The van der Waals surface area contributed by atoms with Crippen LogP contribution in [0.2, 0.25) is 5.02 Å². The van der Waals surface area contributed by atoms with Crippen molar-refractivity contribution in [3.63, 3.8) is 0 Å². The zero-order valence-corrected chi connectivity index (χ0v) is 12.0. The molecule has 110 valence electrons. The molecule has 0 aliphatic carbocycles. The van der Waals surface area contributed by atoms with Crippen LogP contribution in [0.3, 0.4) is 0 Å². The van der Waals surface area contributed by atoms with Crippen molar-refractivity contribution in [2.45, 2.75) is 18.8 Å². The molecule has 0 radical (unpaired) electrons. The van der Waals surface area contributed by atoms with E-state index < -0.39 is 18.2 Å². The summed E-state index contributed by atoms with van der Waals surface area (Å²) in [6, 6.07) is 6.19. The van der Waals surface area contributed by atoms with Gasteiger partial charge in [0.2, 0.25) is 0 Å². The normalized spacial score (nSPS) is 24.8. The van der Waals surface area contributed by atoms with Gasteiger partial charge in [0.25, 0.3) is 5.91 Å². The number of nitrogens with zero attached hydrogens (tertiary/aromatic N) is 3. The number of amides is 3. The van der Waals surface area contributed by atoms with Crippen LogP contribution in [0.4, 0.5) is 4.79 Å². The summed E-state index contributed by atoms with van der Waals surface area (Å²) in [5.74, 6) is -0.141. The topological polar surface area (TPSA) is 91.0 Å². The highest BCUT2D eigenvalue weighted by atomic mass is 35.5. The van der Waals surface area contributed by atoms with Crippen molar-refractivity contribution >= 4 is 29.5 Å². The molecule has 2 atom stereocenters. The number of rotatable bonds is 2. The first kappa shape index (κ1) is 13.7. The third kappa shape index (κ3) is 2.29. The lowest BCUT2D eigenvalue weighted by molar-refractivity contribution is -0.127. The van der Waals surface area contributed by atoms with Crippen LogP contribution in [0.25, 0.3) is 0 Å². The third-order valence-corrected chi connectivity index (χ3v) is 3.91. The molecule has 0 bridgehead atoms. The fourth-order valence-electron chi connectivity index (χ4n) is 2.51. The summed E-state index contributed by atoms with van der Waals surface area (Å²) >= 11 is 5.86. The first-order valence-electron chi connectivity index (χ1n) is 6.39. The Balaban J connectivity index is 1.86. The maximum atomic E-state index is 12.1. The smallest absolute Gasteiger partial charge is 0.325 e. The van der Waals surface area contributed by atoms with E-state index in [-0.39, 0.29) is 11.9 Å². The van der Waals surface area contributed by atoms with Crippen LogP contribution in [0, 0.1) is 0 Å². The Labute approximate surface area is 126 Å². The molecule has 3 N–H and O–H groups in total. The zero-order chi connectivity index (χ0) is 15.1. The van der Waals surface area contributed by atoms with Crippen LogP contribution < -0.4 is 11.1 Å². The summed E-state index contributed by atoms with van der Waals surface area (Å²) in [6.45, 7) is 0.420. The predicted molar refractivity (Wildman–Crippen MR) is 77.5 cm³/mol. The molecular formula is C13H14ClN5O2. The second-order valence-corrected chi connectivity index (χ2v) is 5.44.